The lowest BCUT2D eigenvalue weighted by atomic mass is 9.93. The van der Waals surface area contributed by atoms with E-state index in [0.29, 0.717) is 19.0 Å². The molecule has 2 heterocycles. The van der Waals surface area contributed by atoms with Gasteiger partial charge in [0, 0.05) is 18.1 Å². The third kappa shape index (κ3) is 5.13. The van der Waals surface area contributed by atoms with Gasteiger partial charge in [0.15, 0.2) is 0 Å². The minimum absolute atomic E-state index is 0.108. The number of ether oxygens (including phenoxy) is 2. The normalized spacial score (nSPS) is 17.7. The minimum atomic E-state index is -0.743. The van der Waals surface area contributed by atoms with Crippen LogP contribution in [0.15, 0.2) is 24.3 Å². The lowest BCUT2D eigenvalue weighted by Crippen LogP contribution is -2.50. The van der Waals surface area contributed by atoms with Gasteiger partial charge >= 0.3 is 5.97 Å². The molecule has 28 heavy (non-hydrogen) atoms. The molecule has 1 amide bonds. The van der Waals surface area contributed by atoms with Crippen molar-refractivity contribution in [3.8, 4) is 11.4 Å². The molecular weight excluding hydrogens is 362 g/mol. The van der Waals surface area contributed by atoms with Crippen LogP contribution in [-0.2, 0) is 25.6 Å². The van der Waals surface area contributed by atoms with E-state index < -0.39 is 12.0 Å². The Kier molecular flexibility index (Phi) is 6.70. The van der Waals surface area contributed by atoms with E-state index in [1.54, 1.807) is 6.92 Å². The summed E-state index contributed by atoms with van der Waals surface area (Å²) >= 11 is 0. The van der Waals surface area contributed by atoms with Crippen LogP contribution in [0.2, 0.25) is 0 Å². The molecule has 0 spiro atoms. The summed E-state index contributed by atoms with van der Waals surface area (Å²) in [6, 6.07) is 6.97. The van der Waals surface area contributed by atoms with E-state index in [9.17, 15) is 9.59 Å². The molecule has 150 valence electrons. The smallest absolute Gasteiger partial charge is 0.329 e. The van der Waals surface area contributed by atoms with Gasteiger partial charge in [0.25, 0.3) is 0 Å². The summed E-state index contributed by atoms with van der Waals surface area (Å²) in [6.07, 6.45) is 1.64. The van der Waals surface area contributed by atoms with E-state index in [-0.39, 0.29) is 25.0 Å². The first-order chi connectivity index (χ1) is 13.6. The van der Waals surface area contributed by atoms with Gasteiger partial charge in [0.1, 0.15) is 12.6 Å². The maximum atomic E-state index is 12.5. The molecule has 2 unspecified atom stereocenters. The van der Waals surface area contributed by atoms with Crippen molar-refractivity contribution in [3.05, 3.63) is 29.8 Å². The van der Waals surface area contributed by atoms with Crippen molar-refractivity contribution in [2.75, 3.05) is 19.8 Å². The van der Waals surface area contributed by atoms with Gasteiger partial charge in [-0.3, -0.25) is 4.79 Å². The molecule has 1 N–H and O–H groups in total. The molecule has 9 nitrogen and oxygen atoms in total. The van der Waals surface area contributed by atoms with Crippen molar-refractivity contribution >= 4 is 11.9 Å². The molecule has 2 atom stereocenters. The monoisotopic (exact) mass is 387 g/mol. The van der Waals surface area contributed by atoms with Gasteiger partial charge in [0.05, 0.1) is 13.2 Å². The summed E-state index contributed by atoms with van der Waals surface area (Å²) in [5.41, 5.74) is 1.95. The van der Waals surface area contributed by atoms with Gasteiger partial charge in [-0.25, -0.2) is 4.79 Å². The third-order valence-electron chi connectivity index (χ3n) is 4.57. The average molecular weight is 387 g/mol. The standard InChI is InChI=1S/C19H25N5O4/c1-3-28-19(26)17(15-5-4-10-27-12-15)20-16(25)11-24-22-18(21-23-24)14-8-6-13(2)7-9-14/h6-9,15,17H,3-5,10-12H2,1-2H3,(H,20,25). The van der Waals surface area contributed by atoms with Crippen molar-refractivity contribution in [3.63, 3.8) is 0 Å². The Morgan fingerprint density at radius 2 is 2.14 bits per heavy atom. The summed E-state index contributed by atoms with van der Waals surface area (Å²) in [6.45, 7) is 4.94. The first-order valence-corrected chi connectivity index (χ1v) is 9.45. The number of hydrogen-bond donors (Lipinski definition) is 1. The van der Waals surface area contributed by atoms with Gasteiger partial charge in [0.2, 0.25) is 11.7 Å². The van der Waals surface area contributed by atoms with Crippen LogP contribution in [0.4, 0.5) is 0 Å². The number of hydrogen-bond acceptors (Lipinski definition) is 7. The molecule has 9 heteroatoms. The number of aromatic nitrogens is 4. The van der Waals surface area contributed by atoms with Crippen LogP contribution in [-0.4, -0.2) is 57.9 Å². The number of nitrogens with one attached hydrogen (secondary N) is 1. The molecule has 0 aliphatic carbocycles. The van der Waals surface area contributed by atoms with Crippen LogP contribution >= 0.6 is 0 Å². The van der Waals surface area contributed by atoms with Gasteiger partial charge in [-0.15, -0.1) is 10.2 Å². The number of amides is 1. The number of esters is 1. The summed E-state index contributed by atoms with van der Waals surface area (Å²) in [5.74, 6) is -0.492. The van der Waals surface area contributed by atoms with E-state index in [1.807, 2.05) is 31.2 Å². The van der Waals surface area contributed by atoms with E-state index >= 15 is 0 Å². The topological polar surface area (TPSA) is 108 Å². The van der Waals surface area contributed by atoms with Crippen molar-refractivity contribution in [2.45, 2.75) is 39.3 Å². The molecule has 1 aliphatic heterocycles. The number of nitrogens with zero attached hydrogens (tertiary/aromatic N) is 4. The quantitative estimate of drug-likeness (QED) is 0.709. The molecule has 0 bridgehead atoms. The fourth-order valence-electron chi connectivity index (χ4n) is 3.11. The van der Waals surface area contributed by atoms with Crippen LogP contribution in [0.3, 0.4) is 0 Å². The maximum absolute atomic E-state index is 12.5. The third-order valence-corrected chi connectivity index (χ3v) is 4.57. The molecule has 1 aliphatic rings. The van der Waals surface area contributed by atoms with E-state index in [0.717, 1.165) is 24.0 Å². The fourth-order valence-corrected chi connectivity index (χ4v) is 3.11. The van der Waals surface area contributed by atoms with Crippen molar-refractivity contribution < 1.29 is 19.1 Å². The first-order valence-electron chi connectivity index (χ1n) is 9.45. The second-order valence-corrected chi connectivity index (χ2v) is 6.78. The molecule has 0 saturated carbocycles. The number of aryl methyl sites for hydroxylation is 1. The number of carbonyl (C=O) groups is 2. The molecule has 1 aromatic carbocycles. The van der Waals surface area contributed by atoms with Gasteiger partial charge < -0.3 is 14.8 Å². The highest BCUT2D eigenvalue weighted by Gasteiger charge is 2.32. The number of rotatable bonds is 7. The zero-order valence-electron chi connectivity index (χ0n) is 16.1. The average Bonchev–Trinajstić information content (AvgIpc) is 3.16. The molecule has 3 rings (SSSR count). The van der Waals surface area contributed by atoms with Crippen molar-refractivity contribution in [2.24, 2.45) is 5.92 Å². The Hall–Kier alpha value is -2.81. The Bertz CT molecular complexity index is 799. The maximum Gasteiger partial charge on any atom is 0.329 e. The summed E-state index contributed by atoms with van der Waals surface area (Å²) < 4.78 is 10.6. The number of carbonyl (C=O) groups excluding carboxylic acids is 2. The molecule has 1 saturated heterocycles. The zero-order chi connectivity index (χ0) is 19.9. The predicted octanol–water partition coefficient (Wildman–Crippen LogP) is 1.12. The second-order valence-electron chi connectivity index (χ2n) is 6.78. The summed E-state index contributed by atoms with van der Waals surface area (Å²) in [5, 5.41) is 14.9. The lowest BCUT2D eigenvalue weighted by molar-refractivity contribution is -0.150. The second kappa shape index (κ2) is 9.41. The largest absolute Gasteiger partial charge is 0.464 e. The SMILES string of the molecule is CCOC(=O)C(NC(=O)Cn1nnc(-c2ccc(C)cc2)n1)C1CCCOC1. The molecule has 0 radical (unpaired) electrons. The van der Waals surface area contributed by atoms with Gasteiger partial charge in [-0.05, 0) is 31.9 Å². The molecular formula is C19H25N5O4. The molecule has 1 aromatic heterocycles. The minimum Gasteiger partial charge on any atom is -0.464 e. The number of tetrazole rings is 1. The van der Waals surface area contributed by atoms with Crippen molar-refractivity contribution in [1.82, 2.24) is 25.5 Å². The Morgan fingerprint density at radius 1 is 1.36 bits per heavy atom. The van der Waals surface area contributed by atoms with E-state index in [1.165, 1.54) is 4.80 Å². The van der Waals surface area contributed by atoms with Gasteiger partial charge in [-0.1, -0.05) is 29.8 Å². The van der Waals surface area contributed by atoms with E-state index in [2.05, 4.69) is 20.7 Å². The van der Waals surface area contributed by atoms with Crippen molar-refractivity contribution in [1.29, 1.82) is 0 Å². The van der Waals surface area contributed by atoms with Crippen LogP contribution in [0.1, 0.15) is 25.3 Å². The predicted molar refractivity (Wildman–Crippen MR) is 100 cm³/mol. The highest BCUT2D eigenvalue weighted by molar-refractivity contribution is 5.84. The zero-order valence-corrected chi connectivity index (χ0v) is 16.1. The Morgan fingerprint density at radius 3 is 2.82 bits per heavy atom. The highest BCUT2D eigenvalue weighted by Crippen LogP contribution is 2.19. The summed E-state index contributed by atoms with van der Waals surface area (Å²) in [4.78, 5) is 26.0. The number of benzene rings is 1. The first kappa shape index (κ1) is 19.9. The Balaban J connectivity index is 1.64. The van der Waals surface area contributed by atoms with Crippen LogP contribution in [0.5, 0.6) is 0 Å². The highest BCUT2D eigenvalue weighted by atomic mass is 16.5. The van der Waals surface area contributed by atoms with Crippen LogP contribution in [0, 0.1) is 12.8 Å². The molecule has 2 aromatic rings. The summed E-state index contributed by atoms with van der Waals surface area (Å²) in [7, 11) is 0. The Labute approximate surface area is 163 Å². The fraction of sp³-hybridized carbons (Fsp3) is 0.526. The lowest BCUT2D eigenvalue weighted by Gasteiger charge is -2.29. The van der Waals surface area contributed by atoms with Gasteiger partial charge in [-0.2, -0.15) is 4.80 Å². The van der Waals surface area contributed by atoms with Crippen LogP contribution < -0.4 is 5.32 Å². The van der Waals surface area contributed by atoms with Crippen LogP contribution in [0.25, 0.3) is 11.4 Å². The molecule has 1 fully saturated rings. The van der Waals surface area contributed by atoms with E-state index in [4.69, 9.17) is 9.47 Å².